The molecule has 1 N–H and O–H groups in total. The molecule has 0 aromatic carbocycles. The average molecular weight is 144 g/mol. The van der Waals surface area contributed by atoms with Crippen molar-refractivity contribution in [1.29, 1.82) is 0 Å². The van der Waals surface area contributed by atoms with Gasteiger partial charge >= 0.3 is 5.97 Å². The molecule has 0 aliphatic heterocycles. The molecule has 1 aliphatic carbocycles. The summed E-state index contributed by atoms with van der Waals surface area (Å²) < 4.78 is 4.64. The van der Waals surface area contributed by atoms with E-state index in [1.807, 2.05) is 0 Å². The van der Waals surface area contributed by atoms with Gasteiger partial charge in [-0.15, -0.1) is 0 Å². The van der Waals surface area contributed by atoms with E-state index in [9.17, 15) is 4.79 Å². The van der Waals surface area contributed by atoms with Crippen LogP contribution in [-0.2, 0) is 9.53 Å². The highest BCUT2D eigenvalue weighted by molar-refractivity contribution is 5.74. The number of hydrogen-bond acceptors (Lipinski definition) is 3. The second-order valence-corrected chi connectivity index (χ2v) is 2.57. The van der Waals surface area contributed by atoms with Crippen LogP contribution in [0.1, 0.15) is 26.2 Å². The van der Waals surface area contributed by atoms with Crippen LogP contribution in [0.5, 0.6) is 0 Å². The zero-order chi connectivity index (χ0) is 7.56. The van der Waals surface area contributed by atoms with E-state index in [1.165, 1.54) is 0 Å². The quantitative estimate of drug-likeness (QED) is 0.467. The summed E-state index contributed by atoms with van der Waals surface area (Å²) in [4.78, 5) is 10.8. The summed E-state index contributed by atoms with van der Waals surface area (Å²) in [5.74, 6) is -0.157. The van der Waals surface area contributed by atoms with Gasteiger partial charge in [0.1, 0.15) is 0 Å². The van der Waals surface area contributed by atoms with Gasteiger partial charge in [0, 0.05) is 6.42 Å². The van der Waals surface area contributed by atoms with Crippen molar-refractivity contribution in [3.63, 3.8) is 0 Å². The maximum Gasteiger partial charge on any atom is 0.311 e. The molecule has 0 aromatic rings. The molecule has 0 spiro atoms. The van der Waals surface area contributed by atoms with E-state index in [2.05, 4.69) is 4.74 Å². The van der Waals surface area contributed by atoms with E-state index in [0.29, 0.717) is 6.42 Å². The van der Waals surface area contributed by atoms with Gasteiger partial charge in [0.25, 0.3) is 0 Å². The highest BCUT2D eigenvalue weighted by Gasteiger charge is 2.32. The van der Waals surface area contributed by atoms with Gasteiger partial charge in [-0.25, -0.2) is 0 Å². The van der Waals surface area contributed by atoms with Gasteiger partial charge in [-0.05, 0) is 12.8 Å². The number of carbonyl (C=O) groups is 1. The van der Waals surface area contributed by atoms with Crippen molar-refractivity contribution in [3.05, 3.63) is 0 Å². The van der Waals surface area contributed by atoms with Crippen molar-refractivity contribution in [2.75, 3.05) is 0 Å². The molecule has 1 atom stereocenters. The van der Waals surface area contributed by atoms with Crippen LogP contribution < -0.4 is 0 Å². The third kappa shape index (κ3) is 1.99. The normalized spacial score (nSPS) is 20.2. The molecule has 1 aliphatic rings. The van der Waals surface area contributed by atoms with Crippen LogP contribution in [0.25, 0.3) is 0 Å². The Morgan fingerprint density at radius 1 is 1.80 bits per heavy atom. The third-order valence-electron chi connectivity index (χ3n) is 1.51. The Hall–Kier alpha value is -0.570. The second kappa shape index (κ2) is 3.01. The molecule has 1 fully saturated rings. The number of aliphatic hydroxyl groups excluding tert-OH is 1. The molecule has 1 rings (SSSR count). The standard InChI is InChI=1S/C7H12O3/c1-2-6(8)10-7(9)5-3-4-5/h5-6,8H,2-4H2,1H3. The summed E-state index contributed by atoms with van der Waals surface area (Å²) in [6.45, 7) is 1.77. The molecule has 0 radical (unpaired) electrons. The van der Waals surface area contributed by atoms with Crippen LogP contribution in [0.15, 0.2) is 0 Å². The molecule has 0 bridgehead atoms. The monoisotopic (exact) mass is 144 g/mol. The van der Waals surface area contributed by atoms with Crippen LogP contribution in [-0.4, -0.2) is 17.4 Å². The van der Waals surface area contributed by atoms with E-state index in [4.69, 9.17) is 5.11 Å². The lowest BCUT2D eigenvalue weighted by Gasteiger charge is -2.07. The molecule has 3 heteroatoms. The Balaban J connectivity index is 2.16. The van der Waals surface area contributed by atoms with Crippen LogP contribution in [0.3, 0.4) is 0 Å². The van der Waals surface area contributed by atoms with Crippen molar-refractivity contribution in [2.24, 2.45) is 5.92 Å². The number of aliphatic hydroxyl groups is 1. The molecule has 0 amide bonds. The maximum atomic E-state index is 10.8. The third-order valence-corrected chi connectivity index (χ3v) is 1.51. The van der Waals surface area contributed by atoms with Gasteiger partial charge in [0.05, 0.1) is 5.92 Å². The molecule has 0 heterocycles. The minimum Gasteiger partial charge on any atom is -0.436 e. The predicted octanol–water partition coefficient (Wildman–Crippen LogP) is 0.668. The van der Waals surface area contributed by atoms with Crippen LogP contribution in [0.2, 0.25) is 0 Å². The summed E-state index contributed by atoms with van der Waals surface area (Å²) in [5.41, 5.74) is 0. The van der Waals surface area contributed by atoms with Gasteiger partial charge in [0.2, 0.25) is 0 Å². The first-order chi connectivity index (χ1) is 4.74. The van der Waals surface area contributed by atoms with Crippen molar-refractivity contribution >= 4 is 5.97 Å². The number of ether oxygens (including phenoxy) is 1. The lowest BCUT2D eigenvalue weighted by Crippen LogP contribution is -2.17. The van der Waals surface area contributed by atoms with Crippen LogP contribution >= 0.6 is 0 Å². The Morgan fingerprint density at radius 3 is 2.80 bits per heavy atom. The van der Waals surface area contributed by atoms with E-state index >= 15 is 0 Å². The summed E-state index contributed by atoms with van der Waals surface area (Å²) in [7, 11) is 0. The largest absolute Gasteiger partial charge is 0.436 e. The Labute approximate surface area is 60.0 Å². The van der Waals surface area contributed by atoms with Crippen molar-refractivity contribution < 1.29 is 14.6 Å². The van der Waals surface area contributed by atoms with E-state index in [1.54, 1.807) is 6.92 Å². The van der Waals surface area contributed by atoms with E-state index < -0.39 is 6.29 Å². The van der Waals surface area contributed by atoms with E-state index in [0.717, 1.165) is 12.8 Å². The van der Waals surface area contributed by atoms with Crippen molar-refractivity contribution in [2.45, 2.75) is 32.5 Å². The fraction of sp³-hybridized carbons (Fsp3) is 0.857. The Bertz CT molecular complexity index is 129. The van der Waals surface area contributed by atoms with E-state index in [-0.39, 0.29) is 11.9 Å². The lowest BCUT2D eigenvalue weighted by molar-refractivity contribution is -0.169. The highest BCUT2D eigenvalue weighted by atomic mass is 16.6. The van der Waals surface area contributed by atoms with Crippen molar-refractivity contribution in [1.82, 2.24) is 0 Å². The first-order valence-electron chi connectivity index (χ1n) is 3.62. The topological polar surface area (TPSA) is 46.5 Å². The fourth-order valence-corrected chi connectivity index (χ4v) is 0.633. The zero-order valence-corrected chi connectivity index (χ0v) is 6.04. The summed E-state index contributed by atoms with van der Waals surface area (Å²) in [6, 6.07) is 0. The zero-order valence-electron chi connectivity index (χ0n) is 6.04. The molecule has 1 unspecified atom stereocenters. The van der Waals surface area contributed by atoms with Gasteiger partial charge in [0.15, 0.2) is 6.29 Å². The molecule has 0 saturated heterocycles. The molecular formula is C7H12O3. The minimum atomic E-state index is -0.895. The molecular weight excluding hydrogens is 132 g/mol. The SMILES string of the molecule is CCC(O)OC(=O)C1CC1. The highest BCUT2D eigenvalue weighted by Crippen LogP contribution is 2.30. The van der Waals surface area contributed by atoms with Gasteiger partial charge in [-0.3, -0.25) is 4.79 Å². The smallest absolute Gasteiger partial charge is 0.311 e. The molecule has 1 saturated carbocycles. The number of esters is 1. The lowest BCUT2D eigenvalue weighted by atomic mass is 10.4. The summed E-state index contributed by atoms with van der Waals surface area (Å²) in [5, 5.41) is 8.86. The predicted molar refractivity (Wildman–Crippen MR) is 35.1 cm³/mol. The molecule has 0 aromatic heterocycles. The summed E-state index contributed by atoms with van der Waals surface area (Å²) in [6.07, 6.45) is 1.43. The molecule has 3 nitrogen and oxygen atoms in total. The number of carbonyl (C=O) groups excluding carboxylic acids is 1. The average Bonchev–Trinajstić information content (AvgIpc) is 2.68. The Morgan fingerprint density at radius 2 is 2.40 bits per heavy atom. The van der Waals surface area contributed by atoms with Gasteiger partial charge in [-0.2, -0.15) is 0 Å². The summed E-state index contributed by atoms with van der Waals surface area (Å²) >= 11 is 0. The fourth-order valence-electron chi connectivity index (χ4n) is 0.633. The van der Waals surface area contributed by atoms with Crippen molar-refractivity contribution in [3.8, 4) is 0 Å². The Kier molecular flexibility index (Phi) is 2.27. The first kappa shape index (κ1) is 7.54. The molecule has 10 heavy (non-hydrogen) atoms. The minimum absolute atomic E-state index is 0.0844. The van der Waals surface area contributed by atoms with Gasteiger partial charge < -0.3 is 9.84 Å². The first-order valence-corrected chi connectivity index (χ1v) is 3.62. The second-order valence-electron chi connectivity index (χ2n) is 2.57. The van der Waals surface area contributed by atoms with Gasteiger partial charge in [-0.1, -0.05) is 6.92 Å². The van der Waals surface area contributed by atoms with Crippen LogP contribution in [0, 0.1) is 5.92 Å². The van der Waals surface area contributed by atoms with Crippen LogP contribution in [0.4, 0.5) is 0 Å². The number of rotatable bonds is 3. The maximum absolute atomic E-state index is 10.8. The number of hydrogen-bond donors (Lipinski definition) is 1. The molecule has 58 valence electrons.